The third kappa shape index (κ3) is 11.2. The Bertz CT molecular complexity index is 2600. The summed E-state index contributed by atoms with van der Waals surface area (Å²) in [6.07, 6.45) is 1.37. The van der Waals surface area contributed by atoms with Crippen LogP contribution in [0, 0.1) is 11.3 Å². The van der Waals surface area contributed by atoms with Crippen molar-refractivity contribution in [2.45, 2.75) is 82.4 Å². The van der Waals surface area contributed by atoms with Crippen LogP contribution in [0.4, 0.5) is 24.5 Å². The maximum Gasteiger partial charge on any atom is 0.416 e. The number of hydrogen-bond acceptors (Lipinski definition) is 14. The number of nitrogen functional groups attached to an aromatic ring is 1. The van der Waals surface area contributed by atoms with Crippen molar-refractivity contribution in [2.75, 3.05) is 90.3 Å². The van der Waals surface area contributed by atoms with E-state index in [1.54, 1.807) is 11.5 Å². The van der Waals surface area contributed by atoms with Gasteiger partial charge in [-0.3, -0.25) is 25.2 Å². The first kappa shape index (κ1) is 48.7. The van der Waals surface area contributed by atoms with Gasteiger partial charge in [0.05, 0.1) is 36.0 Å². The van der Waals surface area contributed by atoms with Gasteiger partial charge in [-0.25, -0.2) is 9.97 Å². The van der Waals surface area contributed by atoms with E-state index in [1.807, 2.05) is 42.4 Å². The Balaban J connectivity index is 0.717. The number of piperazine rings is 1. The van der Waals surface area contributed by atoms with Crippen LogP contribution in [-0.2, 0) is 15.7 Å². The van der Waals surface area contributed by atoms with Gasteiger partial charge in [-0.1, -0.05) is 0 Å². The highest BCUT2D eigenvalue weighted by Crippen LogP contribution is 2.47. The van der Waals surface area contributed by atoms with E-state index in [4.69, 9.17) is 15.2 Å². The minimum atomic E-state index is -4.54. The van der Waals surface area contributed by atoms with Gasteiger partial charge in [0, 0.05) is 98.6 Å². The number of nitrogens with zero attached hydrogens (tertiary/aromatic N) is 7. The number of methoxy groups -OCH3 is 1. The zero-order valence-corrected chi connectivity index (χ0v) is 39.5. The van der Waals surface area contributed by atoms with Gasteiger partial charge in [0.15, 0.2) is 12.1 Å². The Hall–Kier alpha value is -5.28. The van der Waals surface area contributed by atoms with Gasteiger partial charge in [-0.15, -0.1) is 0 Å². The molecule has 0 bridgehead atoms. The number of aliphatic hydroxyl groups is 2. The number of aromatic hydroxyl groups is 1. The Morgan fingerprint density at radius 3 is 2.45 bits per heavy atom. The number of nitrogens with one attached hydrogen (secondary N) is 2. The SMILES string of the molecule is COC(N[C@H](C)c1cc(N)cc(C(F)(F)F)c1)c1ncnc2ccc(OCC3(CN(C)C(=O)CN4CCC(CN5CCN(c6ccc7c(O)n(C8CCC(O)NC8O)cc7c6)CC5)CC4)CC3)cc12. The molecule has 5 aromatic rings. The van der Waals surface area contributed by atoms with Crippen LogP contribution >= 0.6 is 0 Å². The van der Waals surface area contributed by atoms with E-state index in [-0.39, 0.29) is 28.9 Å². The van der Waals surface area contributed by atoms with Crippen LogP contribution in [0.1, 0.15) is 80.6 Å². The number of carbonyl (C=O) groups excluding carboxylic acids is 1. The standard InChI is InChI=1S/C50H65F3N10O6/c1-31(33-20-35(50(51,52)53)23-36(54)21-33)57-47(68-3)45-40-24-38(5-7-41(40)55-30-56-45)69-29-49(12-13-49)28-59(2)44(65)27-60-14-10-32(11-15-60)25-61-16-18-62(19-17-61)37-4-6-39-34(22-37)26-63(48(39)67)42-8-9-43(64)58-46(42)66/h4-7,20-24,26,30-32,42-43,46-47,57-58,64,66-67H,8-19,25,27-29,54H2,1-3H3/t31-,42?,43?,46?,47?/m1/s1. The molecule has 7 N–H and O–H groups in total. The lowest BCUT2D eigenvalue weighted by molar-refractivity contribution is -0.137. The summed E-state index contributed by atoms with van der Waals surface area (Å²) in [5, 5.41) is 39.7. The highest BCUT2D eigenvalue weighted by atomic mass is 19.4. The molecule has 3 aliphatic heterocycles. The maximum atomic E-state index is 13.6. The van der Waals surface area contributed by atoms with Crippen LogP contribution in [0.2, 0.25) is 0 Å². The number of alkyl halides is 3. The van der Waals surface area contributed by atoms with Crippen molar-refractivity contribution >= 4 is 39.0 Å². The molecule has 0 radical (unpaired) electrons. The van der Waals surface area contributed by atoms with Gasteiger partial charge in [0.1, 0.15) is 24.5 Å². The van der Waals surface area contributed by atoms with Gasteiger partial charge >= 0.3 is 6.18 Å². The molecule has 9 rings (SSSR count). The minimum Gasteiger partial charge on any atom is -0.494 e. The van der Waals surface area contributed by atoms with Gasteiger partial charge in [-0.2, -0.15) is 13.2 Å². The topological polar surface area (TPSA) is 190 Å². The summed E-state index contributed by atoms with van der Waals surface area (Å²) >= 11 is 0. The average molecular weight is 959 g/mol. The van der Waals surface area contributed by atoms with Crippen molar-refractivity contribution in [1.29, 1.82) is 0 Å². The van der Waals surface area contributed by atoms with E-state index in [0.717, 1.165) is 100 Å². The maximum absolute atomic E-state index is 13.6. The number of ether oxygens (including phenoxy) is 2. The quantitative estimate of drug-likeness (QED) is 0.0530. The second-order valence-corrected chi connectivity index (χ2v) is 19.8. The summed E-state index contributed by atoms with van der Waals surface area (Å²) in [6.45, 7) is 9.75. The highest BCUT2D eigenvalue weighted by molar-refractivity contribution is 5.91. The minimum absolute atomic E-state index is 0.0136. The lowest BCUT2D eigenvalue weighted by atomic mass is 9.96. The third-order valence-electron chi connectivity index (χ3n) is 14.8. The first-order valence-electron chi connectivity index (χ1n) is 24.1. The summed E-state index contributed by atoms with van der Waals surface area (Å²) in [4.78, 5) is 31.6. The fourth-order valence-electron chi connectivity index (χ4n) is 10.4. The second kappa shape index (κ2) is 20.2. The van der Waals surface area contributed by atoms with Gasteiger partial charge in [0.25, 0.3) is 0 Å². The molecular formula is C50H65F3N10O6. The molecule has 1 aliphatic carbocycles. The second-order valence-electron chi connectivity index (χ2n) is 19.8. The van der Waals surface area contributed by atoms with Crippen molar-refractivity contribution in [3.63, 3.8) is 0 Å². The van der Waals surface area contributed by atoms with Crippen molar-refractivity contribution in [1.82, 2.24) is 39.9 Å². The van der Waals surface area contributed by atoms with Crippen molar-refractivity contribution < 1.29 is 42.8 Å². The molecule has 1 amide bonds. The third-order valence-corrected chi connectivity index (χ3v) is 14.8. The number of fused-ring (bicyclic) bond motifs is 2. The monoisotopic (exact) mass is 959 g/mol. The summed E-state index contributed by atoms with van der Waals surface area (Å²) in [5.74, 6) is 1.43. The molecule has 1 saturated carbocycles. The number of halogens is 3. The summed E-state index contributed by atoms with van der Waals surface area (Å²) in [7, 11) is 3.38. The van der Waals surface area contributed by atoms with E-state index in [9.17, 15) is 33.3 Å². The molecule has 0 spiro atoms. The van der Waals surface area contributed by atoms with E-state index in [0.29, 0.717) is 66.4 Å². The number of aliphatic hydroxyl groups excluding tert-OH is 2. The number of anilines is 2. The molecule has 5 atom stereocenters. The Morgan fingerprint density at radius 1 is 0.971 bits per heavy atom. The fourth-order valence-corrected chi connectivity index (χ4v) is 10.4. The number of rotatable bonds is 16. The predicted octanol–water partition coefficient (Wildman–Crippen LogP) is 5.60. The summed E-state index contributed by atoms with van der Waals surface area (Å²) in [5.41, 5.74) is 7.53. The Morgan fingerprint density at radius 2 is 1.74 bits per heavy atom. The van der Waals surface area contributed by atoms with E-state index in [1.165, 1.54) is 19.5 Å². The van der Waals surface area contributed by atoms with Crippen LogP contribution < -0.4 is 26.0 Å². The first-order valence-corrected chi connectivity index (χ1v) is 24.1. The molecule has 69 heavy (non-hydrogen) atoms. The number of likely N-dealkylation sites (tertiary alicyclic amines) is 1. The van der Waals surface area contributed by atoms with Crippen molar-refractivity contribution in [3.8, 4) is 11.6 Å². The average Bonchev–Trinajstić information content (AvgIpc) is 4.02. The smallest absolute Gasteiger partial charge is 0.416 e. The number of piperidine rings is 2. The van der Waals surface area contributed by atoms with Gasteiger partial charge < -0.3 is 44.9 Å². The lowest BCUT2D eigenvalue weighted by Crippen LogP contribution is -2.49. The number of hydrogen-bond donors (Lipinski definition) is 6. The molecule has 3 aromatic carbocycles. The first-order chi connectivity index (χ1) is 33.0. The number of benzene rings is 3. The highest BCUT2D eigenvalue weighted by Gasteiger charge is 2.45. The molecule has 16 nitrogen and oxygen atoms in total. The molecule has 3 saturated heterocycles. The van der Waals surface area contributed by atoms with E-state index in [2.05, 4.69) is 47.4 Å². The zero-order valence-electron chi connectivity index (χ0n) is 39.5. The number of amides is 1. The number of carbonyl (C=O) groups is 1. The predicted molar refractivity (Wildman–Crippen MR) is 256 cm³/mol. The van der Waals surface area contributed by atoms with E-state index < -0.39 is 36.5 Å². The molecule has 372 valence electrons. The van der Waals surface area contributed by atoms with Crippen LogP contribution in [0.25, 0.3) is 21.7 Å². The van der Waals surface area contributed by atoms with Crippen LogP contribution in [0.3, 0.4) is 0 Å². The van der Waals surface area contributed by atoms with E-state index >= 15 is 0 Å². The largest absolute Gasteiger partial charge is 0.494 e. The van der Waals surface area contributed by atoms with Crippen molar-refractivity contribution in [3.05, 3.63) is 83.9 Å². The summed E-state index contributed by atoms with van der Waals surface area (Å²) in [6, 6.07) is 14.2. The number of likely N-dealkylation sites (N-methyl/N-ethyl adjacent to an activating group) is 1. The summed E-state index contributed by atoms with van der Waals surface area (Å²) < 4.78 is 54.5. The molecule has 2 aromatic heterocycles. The number of nitrogens with two attached hydrogens (primary N) is 1. The van der Waals surface area contributed by atoms with Gasteiger partial charge in [0.2, 0.25) is 5.91 Å². The Labute approximate surface area is 400 Å². The molecule has 4 aliphatic rings. The normalized spacial score (nSPS) is 22.5. The van der Waals surface area contributed by atoms with Crippen molar-refractivity contribution in [2.24, 2.45) is 11.3 Å². The molecule has 4 unspecified atom stereocenters. The van der Waals surface area contributed by atoms with Crippen LogP contribution in [0.15, 0.2) is 67.1 Å². The molecule has 4 fully saturated rings. The van der Waals surface area contributed by atoms with Gasteiger partial charge in [-0.05, 0) is 125 Å². The molecule has 19 heteroatoms. The number of aromatic nitrogens is 3. The Kier molecular flexibility index (Phi) is 14.3. The lowest BCUT2D eigenvalue weighted by Gasteiger charge is -2.39. The molecular weight excluding hydrogens is 894 g/mol. The molecule has 5 heterocycles. The fraction of sp³-hybridized carbons (Fsp3) is 0.540. The zero-order chi connectivity index (χ0) is 48.6. The van der Waals surface area contributed by atoms with Crippen LogP contribution in [-0.4, -0.2) is 143 Å². The van der Waals surface area contributed by atoms with Crippen LogP contribution in [0.5, 0.6) is 11.6 Å².